The predicted octanol–water partition coefficient (Wildman–Crippen LogP) is 2.62. The van der Waals surface area contributed by atoms with Crippen LogP contribution in [0.15, 0.2) is 24.5 Å². The van der Waals surface area contributed by atoms with E-state index < -0.39 is 0 Å². The van der Waals surface area contributed by atoms with Crippen molar-refractivity contribution < 1.29 is 9.53 Å². The molecule has 0 unspecified atom stereocenters. The van der Waals surface area contributed by atoms with E-state index in [1.165, 1.54) is 32.1 Å². The fourth-order valence-electron chi connectivity index (χ4n) is 2.50. The molecule has 1 fully saturated rings. The Morgan fingerprint density at radius 2 is 2.14 bits per heavy atom. The number of urea groups is 1. The zero-order valence-electron chi connectivity index (χ0n) is 12.5. The molecule has 0 bridgehead atoms. The maximum absolute atomic E-state index is 11.6. The van der Waals surface area contributed by atoms with E-state index in [4.69, 9.17) is 4.74 Å². The largest absolute Gasteiger partial charge is 0.378 e. The number of ether oxygens (including phenoxy) is 1. The Balaban J connectivity index is 1.47. The summed E-state index contributed by atoms with van der Waals surface area (Å²) in [6.45, 7) is 1.87. The summed E-state index contributed by atoms with van der Waals surface area (Å²) in [6, 6.07) is 3.65. The summed E-state index contributed by atoms with van der Waals surface area (Å²) in [7, 11) is 0. The van der Waals surface area contributed by atoms with Gasteiger partial charge in [0.05, 0.1) is 6.10 Å². The molecule has 0 atom stereocenters. The van der Waals surface area contributed by atoms with Crippen molar-refractivity contribution in [1.82, 2.24) is 15.6 Å². The van der Waals surface area contributed by atoms with Crippen LogP contribution < -0.4 is 10.6 Å². The number of aromatic nitrogens is 1. The molecule has 0 spiro atoms. The van der Waals surface area contributed by atoms with Crippen LogP contribution in [0.1, 0.15) is 44.1 Å². The number of nitrogens with one attached hydrogen (secondary N) is 2. The fraction of sp³-hybridized carbons (Fsp3) is 0.625. The van der Waals surface area contributed by atoms with Crippen LogP contribution in [0.25, 0.3) is 0 Å². The van der Waals surface area contributed by atoms with Gasteiger partial charge in [0, 0.05) is 32.1 Å². The van der Waals surface area contributed by atoms with Gasteiger partial charge in [0.1, 0.15) is 0 Å². The molecule has 21 heavy (non-hydrogen) atoms. The number of carbonyl (C=O) groups excluding carboxylic acids is 1. The van der Waals surface area contributed by atoms with Crippen molar-refractivity contribution in [3.05, 3.63) is 30.1 Å². The summed E-state index contributed by atoms with van der Waals surface area (Å²) in [5, 5.41) is 5.65. The summed E-state index contributed by atoms with van der Waals surface area (Å²) < 4.78 is 5.81. The average Bonchev–Trinajstić information content (AvgIpc) is 2.54. The van der Waals surface area contributed by atoms with Gasteiger partial charge in [0.25, 0.3) is 0 Å². The third-order valence-electron chi connectivity index (χ3n) is 3.69. The van der Waals surface area contributed by atoms with E-state index in [-0.39, 0.29) is 6.03 Å². The van der Waals surface area contributed by atoms with Crippen molar-refractivity contribution in [3.8, 4) is 0 Å². The number of nitrogens with zero attached hydrogens (tertiary/aromatic N) is 1. The van der Waals surface area contributed by atoms with Crippen LogP contribution in [0, 0.1) is 0 Å². The van der Waals surface area contributed by atoms with E-state index in [1.807, 2.05) is 12.1 Å². The lowest BCUT2D eigenvalue weighted by Gasteiger charge is -2.21. The molecule has 0 aliphatic heterocycles. The molecule has 2 amide bonds. The monoisotopic (exact) mass is 291 g/mol. The van der Waals surface area contributed by atoms with Crippen LogP contribution >= 0.6 is 0 Å². The van der Waals surface area contributed by atoms with E-state index in [2.05, 4.69) is 15.6 Å². The van der Waals surface area contributed by atoms with Crippen LogP contribution in [-0.2, 0) is 11.3 Å². The first-order valence-corrected chi connectivity index (χ1v) is 7.87. The quantitative estimate of drug-likeness (QED) is 0.759. The molecular formula is C16H25N3O2. The van der Waals surface area contributed by atoms with Crippen LogP contribution in [0.4, 0.5) is 4.79 Å². The van der Waals surface area contributed by atoms with Gasteiger partial charge in [-0.2, -0.15) is 0 Å². The minimum atomic E-state index is -0.142. The van der Waals surface area contributed by atoms with E-state index in [1.54, 1.807) is 12.4 Å². The zero-order valence-corrected chi connectivity index (χ0v) is 12.5. The third-order valence-corrected chi connectivity index (χ3v) is 3.69. The molecule has 2 N–H and O–H groups in total. The van der Waals surface area contributed by atoms with Crippen molar-refractivity contribution in [2.75, 3.05) is 13.2 Å². The smallest absolute Gasteiger partial charge is 0.315 e. The molecule has 1 aliphatic rings. The molecule has 5 heteroatoms. The van der Waals surface area contributed by atoms with E-state index >= 15 is 0 Å². The van der Waals surface area contributed by atoms with Crippen molar-refractivity contribution in [1.29, 1.82) is 0 Å². The van der Waals surface area contributed by atoms with Gasteiger partial charge in [-0.05, 0) is 30.9 Å². The first-order chi connectivity index (χ1) is 10.3. The zero-order chi connectivity index (χ0) is 14.8. The van der Waals surface area contributed by atoms with E-state index in [0.717, 1.165) is 18.6 Å². The van der Waals surface area contributed by atoms with E-state index in [0.29, 0.717) is 19.2 Å². The minimum Gasteiger partial charge on any atom is -0.378 e. The first-order valence-electron chi connectivity index (χ1n) is 7.87. The molecule has 1 aromatic rings. The minimum absolute atomic E-state index is 0.142. The highest BCUT2D eigenvalue weighted by molar-refractivity contribution is 5.73. The molecule has 116 valence electrons. The van der Waals surface area contributed by atoms with Crippen LogP contribution in [-0.4, -0.2) is 30.3 Å². The highest BCUT2D eigenvalue weighted by atomic mass is 16.5. The fourth-order valence-corrected chi connectivity index (χ4v) is 2.50. The number of carbonyl (C=O) groups is 1. The first kappa shape index (κ1) is 15.8. The molecule has 1 saturated carbocycles. The lowest BCUT2D eigenvalue weighted by Crippen LogP contribution is -2.36. The van der Waals surface area contributed by atoms with Crippen LogP contribution in [0.2, 0.25) is 0 Å². The second kappa shape index (κ2) is 9.34. The van der Waals surface area contributed by atoms with Gasteiger partial charge in [-0.1, -0.05) is 25.3 Å². The second-order valence-electron chi connectivity index (χ2n) is 5.46. The number of pyridine rings is 1. The Bertz CT molecular complexity index is 405. The van der Waals surface area contributed by atoms with Crippen molar-refractivity contribution >= 4 is 6.03 Å². The van der Waals surface area contributed by atoms with Gasteiger partial charge in [-0.15, -0.1) is 0 Å². The number of hydrogen-bond acceptors (Lipinski definition) is 3. The molecular weight excluding hydrogens is 266 g/mol. The highest BCUT2D eigenvalue weighted by Crippen LogP contribution is 2.20. The van der Waals surface area contributed by atoms with E-state index in [9.17, 15) is 4.79 Å². The maximum atomic E-state index is 11.6. The molecule has 1 heterocycles. The number of rotatable bonds is 7. The summed E-state index contributed by atoms with van der Waals surface area (Å²) in [4.78, 5) is 15.6. The average molecular weight is 291 g/mol. The van der Waals surface area contributed by atoms with Crippen molar-refractivity contribution in [2.45, 2.75) is 51.2 Å². The number of amides is 2. The van der Waals surface area contributed by atoms with Gasteiger partial charge in [-0.25, -0.2) is 4.79 Å². The van der Waals surface area contributed by atoms with Gasteiger partial charge in [-0.3, -0.25) is 4.98 Å². The van der Waals surface area contributed by atoms with Gasteiger partial charge < -0.3 is 15.4 Å². The molecule has 0 radical (unpaired) electrons. The molecule has 1 aliphatic carbocycles. The standard InChI is InChI=1S/C16H25N3O2/c20-16(19-13-14-6-4-9-17-12-14)18-10-5-11-21-15-7-2-1-3-8-15/h4,6,9,12,15H,1-3,5,7-8,10-11,13H2,(H2,18,19,20). The Labute approximate surface area is 126 Å². The Morgan fingerprint density at radius 1 is 1.29 bits per heavy atom. The number of hydrogen-bond donors (Lipinski definition) is 2. The molecule has 1 aromatic heterocycles. The van der Waals surface area contributed by atoms with Gasteiger partial charge in [0.15, 0.2) is 0 Å². The maximum Gasteiger partial charge on any atom is 0.315 e. The molecule has 0 aromatic carbocycles. The van der Waals surface area contributed by atoms with Crippen molar-refractivity contribution in [2.24, 2.45) is 0 Å². The van der Waals surface area contributed by atoms with Crippen LogP contribution in [0.3, 0.4) is 0 Å². The molecule has 5 nitrogen and oxygen atoms in total. The molecule has 2 rings (SSSR count). The summed E-state index contributed by atoms with van der Waals surface area (Å²) in [5.41, 5.74) is 0.994. The lowest BCUT2D eigenvalue weighted by molar-refractivity contribution is 0.0275. The summed E-state index contributed by atoms with van der Waals surface area (Å²) >= 11 is 0. The Kier molecular flexibility index (Phi) is 7.01. The van der Waals surface area contributed by atoms with Crippen molar-refractivity contribution in [3.63, 3.8) is 0 Å². The third kappa shape index (κ3) is 6.58. The van der Waals surface area contributed by atoms with Gasteiger partial charge in [0.2, 0.25) is 0 Å². The second-order valence-corrected chi connectivity index (χ2v) is 5.46. The highest BCUT2D eigenvalue weighted by Gasteiger charge is 2.12. The Morgan fingerprint density at radius 3 is 2.90 bits per heavy atom. The molecule has 0 saturated heterocycles. The predicted molar refractivity (Wildman–Crippen MR) is 81.9 cm³/mol. The lowest BCUT2D eigenvalue weighted by atomic mass is 9.98. The summed E-state index contributed by atoms with van der Waals surface area (Å²) in [6.07, 6.45) is 11.1. The summed E-state index contributed by atoms with van der Waals surface area (Å²) in [5.74, 6) is 0. The van der Waals surface area contributed by atoms with Gasteiger partial charge >= 0.3 is 6.03 Å². The van der Waals surface area contributed by atoms with Crippen LogP contribution in [0.5, 0.6) is 0 Å². The SMILES string of the molecule is O=C(NCCCOC1CCCCC1)NCc1cccnc1. The normalized spacial score (nSPS) is 15.6. The topological polar surface area (TPSA) is 63.2 Å². The Hall–Kier alpha value is -1.62.